The Kier molecular flexibility index (Phi) is 6.80. The summed E-state index contributed by atoms with van der Waals surface area (Å²) in [6, 6.07) is 37.6. The Hall–Kier alpha value is -4.35. The molecule has 5 heteroatoms. The van der Waals surface area contributed by atoms with Gasteiger partial charge in [0.05, 0.1) is 16.9 Å². The number of benzene rings is 5. The third kappa shape index (κ3) is 5.42. The lowest BCUT2D eigenvalue weighted by Gasteiger charge is -2.09. The highest BCUT2D eigenvalue weighted by atomic mass is 32.2. The van der Waals surface area contributed by atoms with Gasteiger partial charge in [-0.2, -0.15) is 0 Å². The van der Waals surface area contributed by atoms with E-state index in [0.29, 0.717) is 11.5 Å². The molecule has 0 amide bonds. The fraction of sp³-hybridized carbons (Fsp3) is 0.0625. The van der Waals surface area contributed by atoms with E-state index in [4.69, 9.17) is 9.47 Å². The van der Waals surface area contributed by atoms with Gasteiger partial charge in [0.25, 0.3) is 0 Å². The van der Waals surface area contributed by atoms with E-state index in [1.807, 2.05) is 55.5 Å². The lowest BCUT2D eigenvalue weighted by molar-refractivity contribution is 0.415. The first-order valence-electron chi connectivity index (χ1n) is 11.9. The Morgan fingerprint density at radius 2 is 0.784 bits per heavy atom. The summed E-state index contributed by atoms with van der Waals surface area (Å²) < 4.78 is 36.9. The van der Waals surface area contributed by atoms with Gasteiger partial charge in [0.2, 0.25) is 9.84 Å². The van der Waals surface area contributed by atoms with Crippen molar-refractivity contribution in [1.82, 2.24) is 0 Å². The zero-order chi connectivity index (χ0) is 25.8. The van der Waals surface area contributed by atoms with E-state index in [0.717, 1.165) is 33.6 Å². The highest BCUT2D eigenvalue weighted by molar-refractivity contribution is 7.91. The average molecular weight is 507 g/mol. The average Bonchev–Trinajstić information content (AvgIpc) is 2.94. The predicted molar refractivity (Wildman–Crippen MR) is 147 cm³/mol. The summed E-state index contributed by atoms with van der Waals surface area (Å²) >= 11 is 0. The summed E-state index contributed by atoms with van der Waals surface area (Å²) in [6.07, 6.45) is 0. The summed E-state index contributed by atoms with van der Waals surface area (Å²) in [5, 5.41) is 0. The molecule has 184 valence electrons. The molecular formula is C32H26O4S. The van der Waals surface area contributed by atoms with Crippen LogP contribution < -0.4 is 9.47 Å². The molecule has 0 radical (unpaired) electrons. The van der Waals surface area contributed by atoms with E-state index in [9.17, 15) is 8.42 Å². The lowest BCUT2D eigenvalue weighted by atomic mass is 10.0. The number of hydrogen-bond acceptors (Lipinski definition) is 4. The van der Waals surface area contributed by atoms with Crippen LogP contribution in [0.25, 0.3) is 22.3 Å². The fourth-order valence-corrected chi connectivity index (χ4v) is 5.29. The minimum atomic E-state index is -3.57. The van der Waals surface area contributed by atoms with Gasteiger partial charge in [-0.15, -0.1) is 0 Å². The minimum absolute atomic E-state index is 0.233. The molecule has 0 fully saturated rings. The first-order chi connectivity index (χ1) is 17.9. The smallest absolute Gasteiger partial charge is 0.206 e. The third-order valence-electron chi connectivity index (χ3n) is 6.20. The summed E-state index contributed by atoms with van der Waals surface area (Å²) in [6.45, 7) is 1.93. The molecule has 0 aliphatic rings. The van der Waals surface area contributed by atoms with Crippen molar-refractivity contribution in [1.29, 1.82) is 0 Å². The largest absolute Gasteiger partial charge is 0.497 e. The second-order valence-electron chi connectivity index (χ2n) is 8.72. The van der Waals surface area contributed by atoms with Crippen molar-refractivity contribution < 1.29 is 17.9 Å². The second-order valence-corrected chi connectivity index (χ2v) is 10.7. The van der Waals surface area contributed by atoms with Crippen LogP contribution in [0.2, 0.25) is 0 Å². The van der Waals surface area contributed by atoms with Crippen LogP contribution in [0.3, 0.4) is 0 Å². The quantitative estimate of drug-likeness (QED) is 0.225. The molecule has 0 spiro atoms. The van der Waals surface area contributed by atoms with Gasteiger partial charge >= 0.3 is 0 Å². The standard InChI is InChI=1S/C32H26O4S/c1-23-3-19-31(20-4-23)37(33,34)32-21-17-30(18-22-32)36-29-15-11-27(12-16-29)25-7-5-24(6-8-25)26-9-13-28(35-2)14-10-26/h3-22H,1-2H3. The van der Waals surface area contributed by atoms with Gasteiger partial charge in [0.15, 0.2) is 0 Å². The number of sulfone groups is 1. The molecule has 0 aromatic heterocycles. The molecule has 0 bridgehead atoms. The molecule has 0 unspecified atom stereocenters. The highest BCUT2D eigenvalue weighted by Crippen LogP contribution is 2.30. The van der Waals surface area contributed by atoms with Crippen molar-refractivity contribution in [3.05, 3.63) is 127 Å². The van der Waals surface area contributed by atoms with Gasteiger partial charge < -0.3 is 9.47 Å². The molecule has 0 heterocycles. The maximum absolute atomic E-state index is 12.9. The molecule has 5 rings (SSSR count). The molecule has 5 aromatic carbocycles. The normalized spacial score (nSPS) is 11.2. The van der Waals surface area contributed by atoms with Gasteiger partial charge in [0, 0.05) is 0 Å². The molecule has 0 aliphatic carbocycles. The molecule has 0 saturated carbocycles. The number of aryl methyl sites for hydroxylation is 1. The Bertz CT molecular complexity index is 1590. The van der Waals surface area contributed by atoms with Gasteiger partial charge in [-0.05, 0) is 89.8 Å². The predicted octanol–water partition coefficient (Wildman–Crippen LogP) is 7.96. The summed E-state index contributed by atoms with van der Waals surface area (Å²) in [4.78, 5) is 0.511. The van der Waals surface area contributed by atoms with E-state index in [1.165, 1.54) is 0 Å². The summed E-state index contributed by atoms with van der Waals surface area (Å²) in [5.74, 6) is 2.08. The molecular weight excluding hydrogens is 480 g/mol. The highest BCUT2D eigenvalue weighted by Gasteiger charge is 2.17. The van der Waals surface area contributed by atoms with Crippen LogP contribution >= 0.6 is 0 Å². The van der Waals surface area contributed by atoms with Crippen LogP contribution in [0, 0.1) is 6.92 Å². The third-order valence-corrected chi connectivity index (χ3v) is 7.98. The number of rotatable bonds is 7. The minimum Gasteiger partial charge on any atom is -0.497 e. The molecule has 0 aliphatic heterocycles. The van der Waals surface area contributed by atoms with Crippen LogP contribution in [0.5, 0.6) is 17.2 Å². The monoisotopic (exact) mass is 506 g/mol. The Balaban J connectivity index is 1.26. The van der Waals surface area contributed by atoms with Crippen LogP contribution in [-0.4, -0.2) is 15.5 Å². The Morgan fingerprint density at radius 3 is 1.19 bits per heavy atom. The zero-order valence-electron chi connectivity index (χ0n) is 20.6. The lowest BCUT2D eigenvalue weighted by Crippen LogP contribution is -2.01. The van der Waals surface area contributed by atoms with Crippen molar-refractivity contribution >= 4 is 9.84 Å². The van der Waals surface area contributed by atoms with Crippen molar-refractivity contribution in [2.45, 2.75) is 16.7 Å². The van der Waals surface area contributed by atoms with Crippen LogP contribution in [0.1, 0.15) is 5.56 Å². The zero-order valence-corrected chi connectivity index (χ0v) is 21.4. The van der Waals surface area contributed by atoms with Gasteiger partial charge in [-0.1, -0.05) is 66.2 Å². The van der Waals surface area contributed by atoms with E-state index >= 15 is 0 Å². The van der Waals surface area contributed by atoms with Crippen molar-refractivity contribution in [2.24, 2.45) is 0 Å². The van der Waals surface area contributed by atoms with Crippen LogP contribution in [0.15, 0.2) is 131 Å². The SMILES string of the molecule is COc1ccc(-c2ccc(-c3ccc(Oc4ccc(S(=O)(=O)c5ccc(C)cc5)cc4)cc3)cc2)cc1. The molecule has 0 N–H and O–H groups in total. The molecule has 0 saturated heterocycles. The molecule has 5 aromatic rings. The van der Waals surface area contributed by atoms with Crippen molar-refractivity contribution in [3.8, 4) is 39.5 Å². The van der Waals surface area contributed by atoms with Gasteiger partial charge in [0.1, 0.15) is 17.2 Å². The van der Waals surface area contributed by atoms with Crippen LogP contribution in [-0.2, 0) is 9.84 Å². The molecule has 4 nitrogen and oxygen atoms in total. The fourth-order valence-electron chi connectivity index (χ4n) is 4.03. The maximum atomic E-state index is 12.9. The summed E-state index contributed by atoms with van der Waals surface area (Å²) in [5.41, 5.74) is 5.47. The van der Waals surface area contributed by atoms with E-state index in [2.05, 4.69) is 24.3 Å². The Morgan fingerprint density at radius 1 is 0.459 bits per heavy atom. The maximum Gasteiger partial charge on any atom is 0.206 e. The molecule has 0 atom stereocenters. The van der Waals surface area contributed by atoms with E-state index in [1.54, 1.807) is 55.6 Å². The number of methoxy groups -OCH3 is 1. The van der Waals surface area contributed by atoms with E-state index in [-0.39, 0.29) is 9.79 Å². The topological polar surface area (TPSA) is 52.6 Å². The number of hydrogen-bond donors (Lipinski definition) is 0. The second kappa shape index (κ2) is 10.3. The van der Waals surface area contributed by atoms with Gasteiger partial charge in [-0.3, -0.25) is 0 Å². The summed E-state index contributed by atoms with van der Waals surface area (Å²) in [7, 11) is -1.90. The van der Waals surface area contributed by atoms with Crippen molar-refractivity contribution in [3.63, 3.8) is 0 Å². The van der Waals surface area contributed by atoms with Gasteiger partial charge in [-0.25, -0.2) is 8.42 Å². The molecule has 37 heavy (non-hydrogen) atoms. The number of ether oxygens (including phenoxy) is 2. The van der Waals surface area contributed by atoms with Crippen molar-refractivity contribution in [2.75, 3.05) is 7.11 Å². The Labute approximate surface area is 217 Å². The first-order valence-corrected chi connectivity index (χ1v) is 13.4. The first kappa shape index (κ1) is 24.3. The van der Waals surface area contributed by atoms with Crippen LogP contribution in [0.4, 0.5) is 0 Å². The van der Waals surface area contributed by atoms with E-state index < -0.39 is 9.84 Å².